The molecule has 0 saturated heterocycles. The molecule has 0 radical (unpaired) electrons. The lowest BCUT2D eigenvalue weighted by atomic mass is 10.4. The summed E-state index contributed by atoms with van der Waals surface area (Å²) in [5.41, 5.74) is 1.71. The van der Waals surface area contributed by atoms with E-state index in [0.717, 1.165) is 34.6 Å². The Bertz CT molecular complexity index is 519. The minimum absolute atomic E-state index is 0.688. The summed E-state index contributed by atoms with van der Waals surface area (Å²) >= 11 is 7.62. The van der Waals surface area contributed by atoms with E-state index in [-0.39, 0.29) is 0 Å². The van der Waals surface area contributed by atoms with Gasteiger partial charge in [-0.05, 0) is 20.4 Å². The molecule has 0 aliphatic carbocycles. The second-order valence-electron chi connectivity index (χ2n) is 3.66. The van der Waals surface area contributed by atoms with Gasteiger partial charge in [-0.15, -0.1) is 10.2 Å². The third-order valence-electron chi connectivity index (χ3n) is 2.37. The molecule has 0 fully saturated rings. The maximum atomic E-state index is 6.10. The van der Waals surface area contributed by atoms with Gasteiger partial charge in [-0.25, -0.2) is 4.68 Å². The molecule has 17 heavy (non-hydrogen) atoms. The smallest absolute Gasteiger partial charge is 0.233 e. The topological polar surface area (TPSA) is 55.6 Å². The summed E-state index contributed by atoms with van der Waals surface area (Å²) in [7, 11) is 0. The first-order valence-corrected chi connectivity index (χ1v) is 6.58. The zero-order chi connectivity index (χ0) is 12.4. The van der Waals surface area contributed by atoms with Crippen LogP contribution in [0.25, 0.3) is 5.13 Å². The van der Waals surface area contributed by atoms with Crippen LogP contribution in [0.2, 0.25) is 5.02 Å². The van der Waals surface area contributed by atoms with Gasteiger partial charge in [-0.1, -0.05) is 29.9 Å². The highest BCUT2D eigenvalue weighted by molar-refractivity contribution is 7.13. The monoisotopic (exact) mass is 271 g/mol. The molecule has 0 aromatic carbocycles. The number of nitrogens with zero attached hydrogens (tertiary/aromatic N) is 4. The largest absolute Gasteiger partial charge is 0.311 e. The van der Waals surface area contributed by atoms with Gasteiger partial charge < -0.3 is 5.32 Å². The van der Waals surface area contributed by atoms with Crippen molar-refractivity contribution in [2.45, 2.75) is 27.3 Å². The molecule has 0 atom stereocenters. The highest BCUT2D eigenvalue weighted by Crippen LogP contribution is 2.23. The van der Waals surface area contributed by atoms with Crippen molar-refractivity contribution in [2.24, 2.45) is 0 Å². The molecule has 0 aliphatic rings. The quantitative estimate of drug-likeness (QED) is 0.925. The lowest BCUT2D eigenvalue weighted by molar-refractivity contribution is 0.713. The Labute approximate surface area is 109 Å². The van der Waals surface area contributed by atoms with Gasteiger partial charge in [-0.2, -0.15) is 5.10 Å². The number of aryl methyl sites for hydroxylation is 1. The Kier molecular flexibility index (Phi) is 3.76. The van der Waals surface area contributed by atoms with Crippen LogP contribution in [0, 0.1) is 13.8 Å². The van der Waals surface area contributed by atoms with Crippen molar-refractivity contribution in [3.63, 3.8) is 0 Å². The predicted molar refractivity (Wildman–Crippen MR) is 68.9 cm³/mol. The first-order chi connectivity index (χ1) is 8.13. The van der Waals surface area contributed by atoms with Gasteiger partial charge in [0.25, 0.3) is 0 Å². The Balaban J connectivity index is 2.27. The third kappa shape index (κ3) is 2.48. The minimum Gasteiger partial charge on any atom is -0.311 e. The average molecular weight is 272 g/mol. The Morgan fingerprint density at radius 3 is 2.71 bits per heavy atom. The summed E-state index contributed by atoms with van der Waals surface area (Å²) in [6, 6.07) is 0. The van der Waals surface area contributed by atoms with Gasteiger partial charge in [0.2, 0.25) is 5.13 Å². The van der Waals surface area contributed by atoms with Gasteiger partial charge in [-0.3, -0.25) is 0 Å². The van der Waals surface area contributed by atoms with Crippen molar-refractivity contribution in [3.8, 4) is 5.13 Å². The van der Waals surface area contributed by atoms with E-state index >= 15 is 0 Å². The number of rotatable bonds is 4. The van der Waals surface area contributed by atoms with Crippen LogP contribution in [0.5, 0.6) is 0 Å². The van der Waals surface area contributed by atoms with Crippen molar-refractivity contribution in [2.75, 3.05) is 6.54 Å². The molecule has 5 nitrogen and oxygen atoms in total. The van der Waals surface area contributed by atoms with Crippen LogP contribution in [0.4, 0.5) is 0 Å². The normalized spacial score (nSPS) is 11.1. The molecule has 1 N–H and O–H groups in total. The van der Waals surface area contributed by atoms with Crippen LogP contribution < -0.4 is 5.32 Å². The van der Waals surface area contributed by atoms with E-state index in [2.05, 4.69) is 27.5 Å². The standard InChI is InChI=1S/C10H14ClN5S/c1-4-12-5-8-13-14-10(17-8)16-7(3)9(11)6(2)15-16/h12H,4-5H2,1-3H3. The highest BCUT2D eigenvalue weighted by Gasteiger charge is 2.14. The van der Waals surface area contributed by atoms with Gasteiger partial charge in [0.1, 0.15) is 5.01 Å². The van der Waals surface area contributed by atoms with Crippen molar-refractivity contribution in [3.05, 3.63) is 21.4 Å². The second kappa shape index (κ2) is 5.12. The number of halogens is 1. The molecule has 7 heteroatoms. The van der Waals surface area contributed by atoms with E-state index in [1.807, 2.05) is 13.8 Å². The van der Waals surface area contributed by atoms with Gasteiger partial charge >= 0.3 is 0 Å². The number of nitrogens with one attached hydrogen (secondary N) is 1. The Morgan fingerprint density at radius 2 is 2.12 bits per heavy atom. The van der Waals surface area contributed by atoms with E-state index in [1.165, 1.54) is 11.3 Å². The van der Waals surface area contributed by atoms with E-state index in [4.69, 9.17) is 11.6 Å². The number of aromatic nitrogens is 4. The SMILES string of the molecule is CCNCc1nnc(-n2nc(C)c(Cl)c2C)s1. The van der Waals surface area contributed by atoms with E-state index in [0.29, 0.717) is 5.02 Å². The lowest BCUT2D eigenvalue weighted by Gasteiger charge is -1.96. The lowest BCUT2D eigenvalue weighted by Crippen LogP contribution is -2.11. The van der Waals surface area contributed by atoms with Crippen molar-refractivity contribution in [1.29, 1.82) is 0 Å². The molecule has 0 spiro atoms. The first-order valence-electron chi connectivity index (χ1n) is 5.38. The zero-order valence-corrected chi connectivity index (χ0v) is 11.6. The molecule has 2 rings (SSSR count). The summed E-state index contributed by atoms with van der Waals surface area (Å²) < 4.78 is 1.74. The molecule has 2 heterocycles. The maximum Gasteiger partial charge on any atom is 0.233 e. The van der Waals surface area contributed by atoms with Crippen molar-refractivity contribution in [1.82, 2.24) is 25.3 Å². The van der Waals surface area contributed by atoms with Crippen LogP contribution in [-0.2, 0) is 6.54 Å². The van der Waals surface area contributed by atoms with Crippen LogP contribution in [-0.4, -0.2) is 26.5 Å². The van der Waals surface area contributed by atoms with Crippen molar-refractivity contribution < 1.29 is 0 Å². The van der Waals surface area contributed by atoms with Crippen LogP contribution in [0.3, 0.4) is 0 Å². The summed E-state index contributed by atoms with van der Waals surface area (Å²) in [4.78, 5) is 0. The number of hydrogen-bond acceptors (Lipinski definition) is 5. The molecule has 2 aromatic heterocycles. The molecule has 0 bridgehead atoms. The zero-order valence-electron chi connectivity index (χ0n) is 9.99. The summed E-state index contributed by atoms with van der Waals surface area (Å²) in [6.07, 6.45) is 0. The predicted octanol–water partition coefficient (Wildman–Crippen LogP) is 2.10. The van der Waals surface area contributed by atoms with Crippen LogP contribution in [0.15, 0.2) is 0 Å². The average Bonchev–Trinajstić information content (AvgIpc) is 2.87. The third-order valence-corrected chi connectivity index (χ3v) is 3.81. The van der Waals surface area contributed by atoms with Crippen LogP contribution >= 0.6 is 22.9 Å². The first kappa shape index (κ1) is 12.5. The molecule has 0 unspecified atom stereocenters. The van der Waals surface area contributed by atoms with Crippen LogP contribution in [0.1, 0.15) is 23.3 Å². The molecule has 2 aromatic rings. The Morgan fingerprint density at radius 1 is 1.35 bits per heavy atom. The van der Waals surface area contributed by atoms with E-state index in [9.17, 15) is 0 Å². The fraction of sp³-hybridized carbons (Fsp3) is 0.500. The molecule has 0 amide bonds. The molecule has 0 aliphatic heterocycles. The summed E-state index contributed by atoms with van der Waals surface area (Å²) in [5, 5.41) is 18.2. The molecular weight excluding hydrogens is 258 g/mol. The fourth-order valence-corrected chi connectivity index (χ4v) is 2.37. The minimum atomic E-state index is 0.688. The summed E-state index contributed by atoms with van der Waals surface area (Å²) in [6.45, 7) is 7.52. The van der Waals surface area contributed by atoms with E-state index in [1.54, 1.807) is 4.68 Å². The molecule has 92 valence electrons. The molecule has 0 saturated carbocycles. The van der Waals surface area contributed by atoms with Gasteiger partial charge in [0.05, 0.1) is 16.4 Å². The fourth-order valence-electron chi connectivity index (χ4n) is 1.44. The number of hydrogen-bond donors (Lipinski definition) is 1. The van der Waals surface area contributed by atoms with Gasteiger partial charge in [0.15, 0.2) is 0 Å². The highest BCUT2D eigenvalue weighted by atomic mass is 35.5. The second-order valence-corrected chi connectivity index (χ2v) is 5.07. The Hall–Kier alpha value is -0.980. The van der Waals surface area contributed by atoms with Gasteiger partial charge in [0, 0.05) is 6.54 Å². The van der Waals surface area contributed by atoms with E-state index < -0.39 is 0 Å². The van der Waals surface area contributed by atoms with Crippen molar-refractivity contribution >= 4 is 22.9 Å². The molecular formula is C10H14ClN5S. The maximum absolute atomic E-state index is 6.10. The summed E-state index contributed by atoms with van der Waals surface area (Å²) in [5.74, 6) is 0.